The van der Waals surface area contributed by atoms with Crippen LogP contribution in [-0.2, 0) is 4.79 Å². The molecule has 0 amide bonds. The molecule has 2 heterocycles. The van der Waals surface area contributed by atoms with E-state index in [2.05, 4.69) is 15.3 Å². The summed E-state index contributed by atoms with van der Waals surface area (Å²) in [5.74, 6) is -2.48. The number of ketones is 1. The van der Waals surface area contributed by atoms with E-state index in [-0.39, 0.29) is 35.7 Å². The average Bonchev–Trinajstić information content (AvgIpc) is 3.32. The summed E-state index contributed by atoms with van der Waals surface area (Å²) in [5.41, 5.74) is -0.773. The van der Waals surface area contributed by atoms with E-state index in [4.69, 9.17) is 0 Å². The maximum Gasteiger partial charge on any atom is 0.254 e. The highest BCUT2D eigenvalue weighted by atomic mass is 19.3. The number of nitrogens with one attached hydrogen (secondary N) is 1. The summed E-state index contributed by atoms with van der Waals surface area (Å²) in [6, 6.07) is 0. The molecule has 1 saturated heterocycles. The molecule has 2 aliphatic carbocycles. The van der Waals surface area contributed by atoms with Gasteiger partial charge in [0.15, 0.2) is 11.6 Å². The number of carbonyl (C=O) groups is 1. The predicted octanol–water partition coefficient (Wildman–Crippen LogP) is 3.34. The van der Waals surface area contributed by atoms with Crippen LogP contribution >= 0.6 is 0 Å². The third kappa shape index (κ3) is 5.32. The van der Waals surface area contributed by atoms with E-state index in [1.54, 1.807) is 0 Å². The summed E-state index contributed by atoms with van der Waals surface area (Å²) >= 11 is 0. The van der Waals surface area contributed by atoms with Crippen molar-refractivity contribution < 1.29 is 23.1 Å². The molecule has 0 radical (unpaired) electrons. The van der Waals surface area contributed by atoms with Gasteiger partial charge in [0.05, 0.1) is 12.6 Å². The Hall–Kier alpha value is -1.94. The number of β-amino-alcohol motifs (C(OH)–C–C–N with tert-alkyl or cyclic N) is 1. The Kier molecular flexibility index (Phi) is 7.38. The molecule has 7 nitrogen and oxygen atoms in total. The monoisotopic (exact) mass is 483 g/mol. The molecule has 2 saturated carbocycles. The zero-order valence-electron chi connectivity index (χ0n) is 20.1. The third-order valence-corrected chi connectivity index (χ3v) is 7.99. The van der Waals surface area contributed by atoms with Crippen LogP contribution in [0.5, 0.6) is 0 Å². The van der Waals surface area contributed by atoms with Crippen LogP contribution in [0.1, 0.15) is 52.4 Å². The normalized spacial score (nSPS) is 30.8. The van der Waals surface area contributed by atoms with Crippen LogP contribution in [-0.4, -0.2) is 77.1 Å². The molecule has 2 atom stereocenters. The number of Topliss-reactive ketones (excluding diaryl/α,β-unsaturated/α-hetero) is 1. The van der Waals surface area contributed by atoms with Gasteiger partial charge >= 0.3 is 0 Å². The van der Waals surface area contributed by atoms with Crippen molar-refractivity contribution >= 4 is 17.4 Å². The Morgan fingerprint density at radius 1 is 1.29 bits per heavy atom. The van der Waals surface area contributed by atoms with E-state index in [0.29, 0.717) is 58.5 Å². The summed E-state index contributed by atoms with van der Waals surface area (Å²) in [6.07, 6.45) is 3.97. The molecular weight excluding hydrogens is 447 g/mol. The van der Waals surface area contributed by atoms with Crippen molar-refractivity contribution in [1.82, 2.24) is 14.9 Å². The fourth-order valence-corrected chi connectivity index (χ4v) is 5.69. The van der Waals surface area contributed by atoms with Gasteiger partial charge in [-0.05, 0) is 58.4 Å². The first kappa shape index (κ1) is 25.2. The number of aliphatic hydroxyl groups is 1. The summed E-state index contributed by atoms with van der Waals surface area (Å²) in [5, 5.41) is 13.5. The number of aliphatic hydroxyl groups excluding tert-OH is 1. The highest BCUT2D eigenvalue weighted by Crippen LogP contribution is 2.67. The standard InChI is InChI=1S/C24H36F3N5O2/c1-3-32(12-17-4-7-23(8-5-17)14-24(23,26)27)22-20(25)21(29-15-30-22)28-10-18-6-9-31(11-16(2)33)13-19(18)34/h15,17-19,34H,3-14H2,1-2H3,(H,28,29,30). The van der Waals surface area contributed by atoms with E-state index in [1.807, 2.05) is 16.7 Å². The molecule has 1 aromatic rings. The lowest BCUT2D eigenvalue weighted by molar-refractivity contribution is -0.119. The zero-order chi connectivity index (χ0) is 24.5. The minimum absolute atomic E-state index is 0.0181. The Balaban J connectivity index is 1.32. The average molecular weight is 484 g/mol. The van der Waals surface area contributed by atoms with E-state index in [1.165, 1.54) is 13.3 Å². The molecule has 3 aliphatic rings. The number of hydrogen-bond acceptors (Lipinski definition) is 7. The van der Waals surface area contributed by atoms with Gasteiger partial charge in [-0.15, -0.1) is 0 Å². The van der Waals surface area contributed by atoms with Gasteiger partial charge in [-0.25, -0.2) is 18.7 Å². The summed E-state index contributed by atoms with van der Waals surface area (Å²) in [7, 11) is 0. The van der Waals surface area contributed by atoms with Crippen LogP contribution in [0.15, 0.2) is 6.33 Å². The number of carbonyl (C=O) groups excluding carboxylic acids is 1. The fraction of sp³-hybridized carbons (Fsp3) is 0.792. The van der Waals surface area contributed by atoms with Gasteiger partial charge < -0.3 is 15.3 Å². The van der Waals surface area contributed by atoms with Crippen LogP contribution < -0.4 is 10.2 Å². The van der Waals surface area contributed by atoms with E-state index in [9.17, 15) is 18.7 Å². The van der Waals surface area contributed by atoms with Gasteiger partial charge in [0.2, 0.25) is 5.82 Å². The molecule has 0 bridgehead atoms. The number of nitrogens with zero attached hydrogens (tertiary/aromatic N) is 4. The Morgan fingerprint density at radius 2 is 2.00 bits per heavy atom. The van der Waals surface area contributed by atoms with Gasteiger partial charge in [-0.3, -0.25) is 9.69 Å². The number of rotatable bonds is 9. The number of alkyl halides is 2. The molecule has 1 aromatic heterocycles. The minimum atomic E-state index is -2.50. The fourth-order valence-electron chi connectivity index (χ4n) is 5.69. The zero-order valence-corrected chi connectivity index (χ0v) is 20.1. The molecule has 34 heavy (non-hydrogen) atoms. The number of aromatic nitrogens is 2. The van der Waals surface area contributed by atoms with E-state index in [0.717, 1.165) is 12.8 Å². The highest BCUT2D eigenvalue weighted by molar-refractivity contribution is 5.77. The van der Waals surface area contributed by atoms with Gasteiger partial charge in [-0.2, -0.15) is 4.39 Å². The van der Waals surface area contributed by atoms with Crippen molar-refractivity contribution in [1.29, 1.82) is 0 Å². The van der Waals surface area contributed by atoms with Crippen LogP contribution in [0.4, 0.5) is 24.8 Å². The molecular formula is C24H36F3N5O2. The minimum Gasteiger partial charge on any atom is -0.391 e. The molecule has 3 fully saturated rings. The van der Waals surface area contributed by atoms with Gasteiger partial charge in [0, 0.05) is 43.9 Å². The van der Waals surface area contributed by atoms with Crippen molar-refractivity contribution in [2.45, 2.75) is 64.4 Å². The summed E-state index contributed by atoms with van der Waals surface area (Å²) < 4.78 is 42.7. The maximum atomic E-state index is 15.3. The highest BCUT2D eigenvalue weighted by Gasteiger charge is 2.70. The third-order valence-electron chi connectivity index (χ3n) is 7.99. The Labute approximate surface area is 199 Å². The molecule has 1 spiro atoms. The first-order valence-electron chi connectivity index (χ1n) is 12.4. The van der Waals surface area contributed by atoms with Crippen molar-refractivity contribution in [2.24, 2.45) is 17.3 Å². The summed E-state index contributed by atoms with van der Waals surface area (Å²) in [6.45, 7) is 6.42. The lowest BCUT2D eigenvalue weighted by Gasteiger charge is -2.35. The lowest BCUT2D eigenvalue weighted by atomic mass is 9.79. The molecule has 0 aromatic carbocycles. The van der Waals surface area contributed by atoms with E-state index >= 15 is 4.39 Å². The van der Waals surface area contributed by atoms with Crippen molar-refractivity contribution in [3.05, 3.63) is 12.1 Å². The lowest BCUT2D eigenvalue weighted by Crippen LogP contribution is -2.47. The largest absolute Gasteiger partial charge is 0.391 e. The van der Waals surface area contributed by atoms with Crippen LogP contribution in [0.3, 0.4) is 0 Å². The SMILES string of the molecule is CCN(CC1CCC2(CC1)CC2(F)F)c1ncnc(NCC2CCN(CC(C)=O)CC2O)c1F. The molecule has 2 unspecified atom stereocenters. The topological polar surface area (TPSA) is 81.6 Å². The number of anilines is 2. The molecule has 4 rings (SSSR count). The van der Waals surface area contributed by atoms with Gasteiger partial charge in [-0.1, -0.05) is 0 Å². The first-order chi connectivity index (χ1) is 16.1. The molecule has 190 valence electrons. The number of likely N-dealkylation sites (tertiary alicyclic amines) is 1. The number of halogens is 3. The second-order valence-corrected chi connectivity index (χ2v) is 10.4. The quantitative estimate of drug-likeness (QED) is 0.558. The molecule has 1 aliphatic heterocycles. The first-order valence-corrected chi connectivity index (χ1v) is 12.4. The maximum absolute atomic E-state index is 15.3. The summed E-state index contributed by atoms with van der Waals surface area (Å²) in [4.78, 5) is 23.4. The number of piperidine rings is 1. The van der Waals surface area contributed by atoms with E-state index < -0.39 is 23.3 Å². The Bertz CT molecular complexity index is 878. The second kappa shape index (κ2) is 9.97. The Morgan fingerprint density at radius 3 is 2.59 bits per heavy atom. The van der Waals surface area contributed by atoms with Crippen LogP contribution in [0.25, 0.3) is 0 Å². The van der Waals surface area contributed by atoms with Gasteiger partial charge in [0.25, 0.3) is 5.92 Å². The van der Waals surface area contributed by atoms with Crippen LogP contribution in [0, 0.1) is 23.1 Å². The molecule has 2 N–H and O–H groups in total. The predicted molar refractivity (Wildman–Crippen MR) is 124 cm³/mol. The smallest absolute Gasteiger partial charge is 0.254 e. The van der Waals surface area contributed by atoms with Crippen LogP contribution in [0.2, 0.25) is 0 Å². The van der Waals surface area contributed by atoms with Gasteiger partial charge in [0.1, 0.15) is 12.1 Å². The van der Waals surface area contributed by atoms with Crippen molar-refractivity contribution in [2.75, 3.05) is 49.5 Å². The van der Waals surface area contributed by atoms with Crippen molar-refractivity contribution in [3.63, 3.8) is 0 Å². The number of hydrogen-bond donors (Lipinski definition) is 2. The second-order valence-electron chi connectivity index (χ2n) is 10.4. The van der Waals surface area contributed by atoms with Crippen molar-refractivity contribution in [3.8, 4) is 0 Å². The molecule has 10 heteroatoms.